The van der Waals surface area contributed by atoms with Crippen LogP contribution in [0.1, 0.15) is 19.3 Å². The van der Waals surface area contributed by atoms with E-state index >= 15 is 0 Å². The Morgan fingerprint density at radius 3 is 1.96 bits per heavy atom. The zero-order valence-electron chi connectivity index (χ0n) is 16.7. The highest BCUT2D eigenvalue weighted by Gasteiger charge is 2.98. The van der Waals surface area contributed by atoms with Crippen LogP contribution in [0.25, 0.3) is 0 Å². The van der Waals surface area contributed by atoms with Crippen LogP contribution in [0.15, 0.2) is 30.3 Å². The van der Waals surface area contributed by atoms with E-state index in [4.69, 9.17) is 4.74 Å². The van der Waals surface area contributed by atoms with Gasteiger partial charge in [-0.25, -0.2) is 0 Å². The van der Waals surface area contributed by atoms with Crippen LogP contribution in [0.4, 0.5) is 5.69 Å². The van der Waals surface area contributed by atoms with E-state index < -0.39 is 8.07 Å². The van der Waals surface area contributed by atoms with E-state index in [1.165, 1.54) is 24.2 Å². The van der Waals surface area contributed by atoms with Gasteiger partial charge in [0.1, 0.15) is 11.2 Å². The van der Waals surface area contributed by atoms with Gasteiger partial charge < -0.3 is 4.74 Å². The quantitative estimate of drug-likeness (QED) is 0.437. The van der Waals surface area contributed by atoms with Crippen molar-refractivity contribution in [3.8, 4) is 0 Å². The van der Waals surface area contributed by atoms with E-state index in [9.17, 15) is 9.59 Å². The Morgan fingerprint density at radius 1 is 0.929 bits per heavy atom. The number of benzene rings is 1. The highest BCUT2D eigenvalue weighted by Crippen LogP contribution is 2.90. The molecule has 0 aromatic heterocycles. The summed E-state index contributed by atoms with van der Waals surface area (Å²) in [5.74, 6) is 1.61. The maximum Gasteiger partial charge on any atom is 0.238 e. The number of carbonyl (C=O) groups excluding carboxylic acids is 2. The summed E-state index contributed by atoms with van der Waals surface area (Å²) < 4.78 is 6.74. The predicted octanol–water partition coefficient (Wildman–Crippen LogP) is 3.70. The Balaban J connectivity index is 1.40. The molecular weight excluding hydrogens is 366 g/mol. The molecule has 4 nitrogen and oxygen atoms in total. The molecular formula is C23H27NO3Si. The Morgan fingerprint density at radius 2 is 1.46 bits per heavy atom. The van der Waals surface area contributed by atoms with Crippen LogP contribution in [0.3, 0.4) is 0 Å². The molecule has 0 spiro atoms. The number of fused-ring (bicyclic) bond motifs is 7. The van der Waals surface area contributed by atoms with E-state index in [1.54, 1.807) is 0 Å². The lowest BCUT2D eigenvalue weighted by atomic mass is 9.64. The zero-order valence-corrected chi connectivity index (χ0v) is 17.7. The van der Waals surface area contributed by atoms with Gasteiger partial charge in [0.25, 0.3) is 0 Å². The first-order valence-electron chi connectivity index (χ1n) is 11.0. The van der Waals surface area contributed by atoms with Gasteiger partial charge in [0.15, 0.2) is 0 Å². The number of amides is 2. The normalized spacial score (nSPS) is 52.2. The third-order valence-corrected chi connectivity index (χ3v) is 12.2. The number of nitrogens with zero attached hydrogens (tertiary/aromatic N) is 1. The predicted molar refractivity (Wildman–Crippen MR) is 107 cm³/mol. The minimum absolute atomic E-state index is 0.0539. The second kappa shape index (κ2) is 4.49. The maximum absolute atomic E-state index is 13.7. The van der Waals surface area contributed by atoms with E-state index in [1.807, 2.05) is 30.3 Å². The second-order valence-electron chi connectivity index (χ2n) is 11.2. The summed E-state index contributed by atoms with van der Waals surface area (Å²) in [6, 6.07) is 9.55. The van der Waals surface area contributed by atoms with Crippen LogP contribution in [0.2, 0.25) is 25.2 Å². The Labute approximate surface area is 166 Å². The molecule has 7 rings (SSSR count). The van der Waals surface area contributed by atoms with Gasteiger partial charge in [0, 0.05) is 19.9 Å². The van der Waals surface area contributed by atoms with Crippen molar-refractivity contribution < 1.29 is 14.3 Å². The summed E-state index contributed by atoms with van der Waals surface area (Å²) >= 11 is 0. The number of rotatable bonds is 2. The fourth-order valence-corrected chi connectivity index (χ4v) is 12.2. The SMILES string of the molecule is C[Si](C)(C)C1[C@H]2[C@H]3C(=O)N(c4ccccc4)C(=O)[C@H]3[C@H]1[C@]13O[C@]21[C@H]1CC[C@H]3C1. The average molecular weight is 394 g/mol. The number of imide groups is 1. The van der Waals surface area contributed by atoms with Crippen LogP contribution in [-0.4, -0.2) is 31.1 Å². The molecule has 4 aliphatic carbocycles. The monoisotopic (exact) mass is 393 g/mol. The van der Waals surface area contributed by atoms with Crippen LogP contribution < -0.4 is 4.90 Å². The van der Waals surface area contributed by atoms with Crippen LogP contribution in [0.5, 0.6) is 0 Å². The van der Waals surface area contributed by atoms with Crippen molar-refractivity contribution >= 4 is 25.6 Å². The van der Waals surface area contributed by atoms with Crippen LogP contribution in [-0.2, 0) is 14.3 Å². The topological polar surface area (TPSA) is 49.9 Å². The standard InChI is InChI=1S/C23H27NO3Si/c1-28(2,3)19-17-15-16(21(26)24(20(15)25)14-7-5-4-6-8-14)18(19)23-13-10-9-12(11-13)22(17,23)27-23/h4-8,12-13,15-19H,9-11H2,1-3H3/t12-,13-,15-,16+,17+,18+,19?,22+,23-/m0/s1. The van der Waals surface area contributed by atoms with Gasteiger partial charge in [0.2, 0.25) is 11.8 Å². The lowest BCUT2D eigenvalue weighted by Crippen LogP contribution is -2.46. The Kier molecular flexibility index (Phi) is 2.62. The molecule has 9 atom stereocenters. The van der Waals surface area contributed by atoms with E-state index in [0.717, 1.165) is 5.69 Å². The number of hydrogen-bond donors (Lipinski definition) is 0. The number of hydrogen-bond acceptors (Lipinski definition) is 3. The van der Waals surface area contributed by atoms with Gasteiger partial charge in [0.05, 0.1) is 17.5 Å². The molecule has 4 saturated carbocycles. The van der Waals surface area contributed by atoms with Crippen molar-refractivity contribution in [2.24, 2.45) is 35.5 Å². The summed E-state index contributed by atoms with van der Waals surface area (Å²) in [4.78, 5) is 28.9. The number of para-hydroxylation sites is 1. The summed E-state index contributed by atoms with van der Waals surface area (Å²) in [5, 5.41) is 0. The molecule has 2 saturated heterocycles. The average Bonchev–Trinajstić information content (AvgIpc) is 3.06. The molecule has 0 radical (unpaired) electrons. The molecule has 6 aliphatic rings. The molecule has 146 valence electrons. The van der Waals surface area contributed by atoms with Gasteiger partial charge in [-0.2, -0.15) is 0 Å². The molecule has 0 N–H and O–H groups in total. The van der Waals surface area contributed by atoms with Gasteiger partial charge in [-0.15, -0.1) is 0 Å². The first-order chi connectivity index (χ1) is 13.3. The first-order valence-corrected chi connectivity index (χ1v) is 14.5. The van der Waals surface area contributed by atoms with E-state index in [0.29, 0.717) is 17.4 Å². The highest BCUT2D eigenvalue weighted by atomic mass is 28.3. The molecule has 28 heavy (non-hydrogen) atoms. The third kappa shape index (κ3) is 1.40. The maximum atomic E-state index is 13.7. The fraction of sp³-hybridized carbons (Fsp3) is 0.652. The smallest absolute Gasteiger partial charge is 0.238 e. The first kappa shape index (κ1) is 16.3. The van der Waals surface area contributed by atoms with Gasteiger partial charge >= 0.3 is 0 Å². The number of anilines is 1. The molecule has 1 aromatic carbocycles. The van der Waals surface area contributed by atoms with Crippen molar-refractivity contribution in [2.75, 3.05) is 4.90 Å². The van der Waals surface area contributed by atoms with E-state index in [-0.39, 0.29) is 46.7 Å². The lowest BCUT2D eigenvalue weighted by molar-refractivity contribution is -0.124. The minimum Gasteiger partial charge on any atom is -0.361 e. The summed E-state index contributed by atoms with van der Waals surface area (Å²) in [7, 11) is -1.54. The van der Waals surface area contributed by atoms with Gasteiger partial charge in [-0.1, -0.05) is 37.8 Å². The van der Waals surface area contributed by atoms with Crippen molar-refractivity contribution in [3.05, 3.63) is 30.3 Å². The second-order valence-corrected chi connectivity index (χ2v) is 16.6. The van der Waals surface area contributed by atoms with Crippen LogP contribution >= 0.6 is 0 Å². The number of carbonyl (C=O) groups is 2. The Bertz CT molecular complexity index is 893. The summed E-state index contributed by atoms with van der Waals surface area (Å²) in [6.07, 6.45) is 3.79. The number of ether oxygens (including phenoxy) is 1. The fourth-order valence-electron chi connectivity index (χ4n) is 9.13. The van der Waals surface area contributed by atoms with Gasteiger partial charge in [-0.05, 0) is 48.8 Å². The van der Waals surface area contributed by atoms with Crippen molar-refractivity contribution in [3.63, 3.8) is 0 Å². The lowest BCUT2D eigenvalue weighted by Gasteiger charge is -2.37. The largest absolute Gasteiger partial charge is 0.361 e. The molecule has 2 amide bonds. The van der Waals surface area contributed by atoms with Crippen LogP contribution in [0, 0.1) is 35.5 Å². The van der Waals surface area contributed by atoms with Crippen molar-refractivity contribution in [2.45, 2.75) is 55.6 Å². The Hall–Kier alpha value is -1.46. The zero-order chi connectivity index (χ0) is 19.2. The van der Waals surface area contributed by atoms with Crippen molar-refractivity contribution in [1.29, 1.82) is 0 Å². The molecule has 2 aliphatic heterocycles. The molecule has 4 bridgehead atoms. The van der Waals surface area contributed by atoms with Crippen molar-refractivity contribution in [1.82, 2.24) is 0 Å². The molecule has 1 unspecified atom stereocenters. The molecule has 6 fully saturated rings. The molecule has 2 heterocycles. The van der Waals surface area contributed by atoms with E-state index in [2.05, 4.69) is 19.6 Å². The summed E-state index contributed by atoms with van der Waals surface area (Å²) in [6.45, 7) is 7.33. The van der Waals surface area contributed by atoms with Gasteiger partial charge in [-0.3, -0.25) is 14.5 Å². The number of epoxide rings is 1. The highest BCUT2D eigenvalue weighted by molar-refractivity contribution is 6.78. The molecule has 5 heteroatoms. The summed E-state index contributed by atoms with van der Waals surface area (Å²) in [5.41, 5.74) is 1.17. The third-order valence-electron chi connectivity index (χ3n) is 9.50. The molecule has 1 aromatic rings. The minimum atomic E-state index is -1.54.